The highest BCUT2D eigenvalue weighted by molar-refractivity contribution is 7.10. The summed E-state index contributed by atoms with van der Waals surface area (Å²) >= 11 is 1.24. The van der Waals surface area contributed by atoms with E-state index in [4.69, 9.17) is 5.73 Å². The first-order valence-corrected chi connectivity index (χ1v) is 6.38. The Labute approximate surface area is 106 Å². The number of anilines is 2. The number of alkyl halides is 3. The first-order chi connectivity index (χ1) is 8.47. The Morgan fingerprint density at radius 3 is 2.78 bits per heavy atom. The Morgan fingerprint density at radius 1 is 1.44 bits per heavy atom. The lowest BCUT2D eigenvalue weighted by Crippen LogP contribution is -2.20. The van der Waals surface area contributed by atoms with E-state index in [0.29, 0.717) is 18.3 Å². The summed E-state index contributed by atoms with van der Waals surface area (Å²) in [5, 5.41) is 3.88. The molecule has 1 fully saturated rings. The summed E-state index contributed by atoms with van der Waals surface area (Å²) in [7, 11) is 0. The number of nitrogens with one attached hydrogen (secondary N) is 1. The molecule has 0 spiro atoms. The van der Waals surface area contributed by atoms with Gasteiger partial charge in [-0.3, -0.25) is 0 Å². The maximum atomic E-state index is 11.8. The largest absolute Gasteiger partial charge is 0.411 e. The molecule has 0 aromatic carbocycles. The van der Waals surface area contributed by atoms with E-state index >= 15 is 0 Å². The summed E-state index contributed by atoms with van der Waals surface area (Å²) in [6, 6.07) is 0. The number of nitrogen functional groups attached to an aromatic ring is 1. The highest BCUT2D eigenvalue weighted by atomic mass is 32.1. The normalized spacial score (nSPS) is 15.9. The average molecular weight is 281 g/mol. The van der Waals surface area contributed by atoms with Crippen LogP contribution >= 0.6 is 11.5 Å². The molecule has 0 saturated heterocycles. The van der Waals surface area contributed by atoms with Crippen molar-refractivity contribution in [3.05, 3.63) is 5.56 Å². The summed E-state index contributed by atoms with van der Waals surface area (Å²) < 4.78 is 44.0. The molecule has 1 aliphatic rings. The van der Waals surface area contributed by atoms with Gasteiger partial charge in [0.1, 0.15) is 17.4 Å². The maximum absolute atomic E-state index is 11.8. The standard InChI is InChI=1S/C10H14F3N3OS/c11-10(12,13)5-17-4-3-15-9-7(6-1-2-6)8(14)16-18-9/h6,15H,1-5H2,(H2,14,16). The minimum Gasteiger partial charge on any atom is -0.383 e. The number of hydrogen-bond donors (Lipinski definition) is 2. The number of aromatic nitrogens is 1. The van der Waals surface area contributed by atoms with E-state index < -0.39 is 12.8 Å². The topological polar surface area (TPSA) is 60.2 Å². The van der Waals surface area contributed by atoms with Crippen molar-refractivity contribution in [2.24, 2.45) is 0 Å². The zero-order valence-corrected chi connectivity index (χ0v) is 10.4. The number of rotatable bonds is 6. The van der Waals surface area contributed by atoms with Crippen LogP contribution in [0.4, 0.5) is 24.0 Å². The second kappa shape index (κ2) is 5.31. The molecule has 1 aromatic heterocycles. The smallest absolute Gasteiger partial charge is 0.383 e. The van der Waals surface area contributed by atoms with Crippen molar-refractivity contribution in [3.63, 3.8) is 0 Å². The van der Waals surface area contributed by atoms with Crippen molar-refractivity contribution in [2.75, 3.05) is 30.8 Å². The van der Waals surface area contributed by atoms with Gasteiger partial charge in [0.2, 0.25) is 0 Å². The van der Waals surface area contributed by atoms with Gasteiger partial charge in [-0.25, -0.2) is 0 Å². The Morgan fingerprint density at radius 2 is 2.17 bits per heavy atom. The molecule has 1 heterocycles. The summed E-state index contributed by atoms with van der Waals surface area (Å²) in [6.07, 6.45) is -2.07. The minimum absolute atomic E-state index is 0.00141. The van der Waals surface area contributed by atoms with E-state index in [9.17, 15) is 13.2 Å². The van der Waals surface area contributed by atoms with Gasteiger partial charge >= 0.3 is 6.18 Å². The van der Waals surface area contributed by atoms with Crippen LogP contribution in [0.25, 0.3) is 0 Å². The fraction of sp³-hybridized carbons (Fsp3) is 0.700. The molecule has 4 nitrogen and oxygen atoms in total. The van der Waals surface area contributed by atoms with Crippen LogP contribution in [0, 0.1) is 0 Å². The number of nitrogens with two attached hydrogens (primary N) is 1. The van der Waals surface area contributed by atoms with Gasteiger partial charge in [-0.1, -0.05) is 0 Å². The van der Waals surface area contributed by atoms with Crippen molar-refractivity contribution in [1.82, 2.24) is 4.37 Å². The minimum atomic E-state index is -4.27. The lowest BCUT2D eigenvalue weighted by atomic mass is 10.2. The second-order valence-corrected chi connectivity index (χ2v) is 4.95. The molecule has 18 heavy (non-hydrogen) atoms. The zero-order valence-electron chi connectivity index (χ0n) is 9.59. The molecule has 102 valence electrons. The van der Waals surface area contributed by atoms with Crippen molar-refractivity contribution in [1.29, 1.82) is 0 Å². The van der Waals surface area contributed by atoms with Crippen LogP contribution in [0.15, 0.2) is 0 Å². The van der Waals surface area contributed by atoms with E-state index in [1.54, 1.807) is 0 Å². The van der Waals surface area contributed by atoms with Crippen LogP contribution in [0.5, 0.6) is 0 Å². The molecule has 0 atom stereocenters. The van der Waals surface area contributed by atoms with E-state index in [0.717, 1.165) is 23.4 Å². The third kappa shape index (κ3) is 3.74. The van der Waals surface area contributed by atoms with Gasteiger partial charge in [0.25, 0.3) is 0 Å². The van der Waals surface area contributed by atoms with Crippen molar-refractivity contribution >= 4 is 22.4 Å². The molecule has 3 N–H and O–H groups in total. The van der Waals surface area contributed by atoms with E-state index in [2.05, 4.69) is 14.4 Å². The van der Waals surface area contributed by atoms with Gasteiger partial charge in [-0.05, 0) is 30.3 Å². The first-order valence-electron chi connectivity index (χ1n) is 5.61. The molecule has 0 aliphatic heterocycles. The lowest BCUT2D eigenvalue weighted by Gasteiger charge is -2.09. The highest BCUT2D eigenvalue weighted by Crippen LogP contribution is 2.47. The fourth-order valence-electron chi connectivity index (χ4n) is 1.63. The molecule has 0 unspecified atom stereocenters. The van der Waals surface area contributed by atoms with E-state index in [-0.39, 0.29) is 6.61 Å². The number of ether oxygens (including phenoxy) is 1. The van der Waals surface area contributed by atoms with Gasteiger partial charge in [0.05, 0.1) is 6.61 Å². The third-order valence-corrected chi connectivity index (χ3v) is 3.37. The van der Waals surface area contributed by atoms with Gasteiger partial charge in [-0.2, -0.15) is 17.5 Å². The molecule has 1 aliphatic carbocycles. The Bertz CT molecular complexity index is 404. The molecule has 1 saturated carbocycles. The second-order valence-electron chi connectivity index (χ2n) is 4.18. The summed E-state index contributed by atoms with van der Waals surface area (Å²) in [6.45, 7) is -0.895. The predicted octanol–water partition coefficient (Wildman–Crippen LogP) is 2.59. The van der Waals surface area contributed by atoms with Crippen molar-refractivity contribution in [2.45, 2.75) is 24.9 Å². The van der Waals surface area contributed by atoms with Crippen LogP contribution in [0.3, 0.4) is 0 Å². The maximum Gasteiger partial charge on any atom is 0.411 e. The van der Waals surface area contributed by atoms with Crippen LogP contribution in [-0.2, 0) is 4.74 Å². The summed E-state index contributed by atoms with van der Waals surface area (Å²) in [5.41, 5.74) is 6.76. The lowest BCUT2D eigenvalue weighted by molar-refractivity contribution is -0.172. The molecule has 0 bridgehead atoms. The SMILES string of the molecule is Nc1nsc(NCCOCC(F)(F)F)c1C1CC1. The van der Waals surface area contributed by atoms with Crippen LogP contribution in [0.1, 0.15) is 24.3 Å². The van der Waals surface area contributed by atoms with Crippen LogP contribution < -0.4 is 11.1 Å². The Hall–Kier alpha value is -1.02. The molecule has 2 rings (SSSR count). The van der Waals surface area contributed by atoms with E-state index in [1.165, 1.54) is 11.5 Å². The van der Waals surface area contributed by atoms with Gasteiger partial charge in [0.15, 0.2) is 0 Å². The monoisotopic (exact) mass is 281 g/mol. The molecule has 1 aromatic rings. The molecule has 0 amide bonds. The quantitative estimate of drug-likeness (QED) is 0.787. The Kier molecular flexibility index (Phi) is 3.96. The van der Waals surface area contributed by atoms with Crippen LogP contribution in [0.2, 0.25) is 0 Å². The van der Waals surface area contributed by atoms with Crippen molar-refractivity contribution in [3.8, 4) is 0 Å². The zero-order chi connectivity index (χ0) is 13.2. The number of hydrogen-bond acceptors (Lipinski definition) is 5. The van der Waals surface area contributed by atoms with Gasteiger partial charge < -0.3 is 15.8 Å². The average Bonchev–Trinajstić information content (AvgIpc) is 3.02. The summed E-state index contributed by atoms with van der Waals surface area (Å²) in [4.78, 5) is 0. The number of halogens is 3. The van der Waals surface area contributed by atoms with E-state index in [1.807, 2.05) is 0 Å². The molecule has 0 radical (unpaired) electrons. The Balaban J connectivity index is 1.74. The van der Waals surface area contributed by atoms with Crippen molar-refractivity contribution < 1.29 is 17.9 Å². The first kappa shape index (κ1) is 13.4. The molecular weight excluding hydrogens is 267 g/mol. The summed E-state index contributed by atoms with van der Waals surface area (Å²) in [5.74, 6) is 0.989. The predicted molar refractivity (Wildman–Crippen MR) is 63.9 cm³/mol. The highest BCUT2D eigenvalue weighted by Gasteiger charge is 2.30. The molecular formula is C10H14F3N3OS. The van der Waals surface area contributed by atoms with Gasteiger partial charge in [-0.15, -0.1) is 0 Å². The third-order valence-electron chi connectivity index (χ3n) is 2.54. The van der Waals surface area contributed by atoms with Crippen LogP contribution in [-0.4, -0.2) is 30.3 Å². The number of nitrogens with zero attached hydrogens (tertiary/aromatic N) is 1. The molecule has 8 heteroatoms. The fourth-order valence-corrected chi connectivity index (χ4v) is 2.45. The van der Waals surface area contributed by atoms with Gasteiger partial charge in [0, 0.05) is 12.1 Å².